The molecule has 0 aliphatic carbocycles. The van der Waals surface area contributed by atoms with Crippen LogP contribution in [0.2, 0.25) is 0 Å². The van der Waals surface area contributed by atoms with Crippen molar-refractivity contribution in [3.8, 4) is 11.5 Å². The Kier molecular flexibility index (Phi) is 22.3. The molecule has 0 bridgehead atoms. The van der Waals surface area contributed by atoms with Crippen LogP contribution in [0.3, 0.4) is 0 Å². The molecule has 10 rings (SSSR count). The van der Waals surface area contributed by atoms with Crippen LogP contribution in [0, 0.1) is 13.8 Å². The van der Waals surface area contributed by atoms with Gasteiger partial charge in [-0.3, -0.25) is 0 Å². The van der Waals surface area contributed by atoms with Crippen molar-refractivity contribution in [2.45, 2.75) is 111 Å². The van der Waals surface area contributed by atoms with E-state index in [1.54, 1.807) is 0 Å². The van der Waals surface area contributed by atoms with Gasteiger partial charge in [0.15, 0.2) is 12.5 Å². The highest BCUT2D eigenvalue weighted by molar-refractivity contribution is 6.18. The van der Waals surface area contributed by atoms with E-state index in [1.807, 2.05) is 29.2 Å². The average Bonchev–Trinajstić information content (AvgIpc) is 4.23. The summed E-state index contributed by atoms with van der Waals surface area (Å²) in [6.45, 7) is 12.3. The van der Waals surface area contributed by atoms with Gasteiger partial charge in [-0.25, -0.2) is 9.36 Å². The largest absolute Gasteiger partial charge is 0.494 e. The lowest BCUT2D eigenvalue weighted by atomic mass is 9.86. The van der Waals surface area contributed by atoms with Crippen molar-refractivity contribution in [2.75, 3.05) is 52.1 Å². The van der Waals surface area contributed by atoms with Gasteiger partial charge in [0.05, 0.1) is 42.5 Å². The molecule has 2 unspecified atom stereocenters. The lowest BCUT2D eigenvalue weighted by molar-refractivity contribution is -0.0367. The van der Waals surface area contributed by atoms with Crippen LogP contribution in [0.1, 0.15) is 141 Å². The van der Waals surface area contributed by atoms with E-state index in [2.05, 4.69) is 154 Å². The molecule has 12 heteroatoms. The molecule has 4 N–H and O–H groups in total. The molecule has 2 aliphatic heterocycles. The second-order valence-electron chi connectivity index (χ2n) is 20.1. The van der Waals surface area contributed by atoms with Crippen molar-refractivity contribution in [1.29, 1.82) is 0 Å². The predicted molar refractivity (Wildman–Crippen MR) is 324 cm³/mol. The van der Waals surface area contributed by atoms with Crippen LogP contribution in [0.15, 0.2) is 146 Å². The van der Waals surface area contributed by atoms with E-state index >= 15 is 0 Å². The van der Waals surface area contributed by atoms with E-state index in [-0.39, 0.29) is 25.7 Å². The minimum atomic E-state index is 0.0199. The zero-order valence-electron chi connectivity index (χ0n) is 46.7. The highest BCUT2D eigenvalue weighted by Gasteiger charge is 2.23. The number of unbranched alkanes of at least 4 members (excludes halogenated alkanes) is 2. The van der Waals surface area contributed by atoms with Crippen molar-refractivity contribution in [2.24, 2.45) is 5.73 Å². The number of aryl methyl sites for hydroxylation is 2. The molecule has 2 aliphatic rings. The topological polar surface area (TPSA) is 139 Å². The molecule has 6 aromatic carbocycles. The smallest absolute Gasteiger partial charge is 0.150 e. The van der Waals surface area contributed by atoms with Crippen molar-refractivity contribution < 1.29 is 29.2 Å². The first kappa shape index (κ1) is 58.6. The molecular formula is C67H80ClN5O6. The summed E-state index contributed by atoms with van der Waals surface area (Å²) in [6, 6.07) is 47.5. The summed E-state index contributed by atoms with van der Waals surface area (Å²) in [7, 11) is 0. The number of hydrogen-bond acceptors (Lipinski definition) is 9. The normalized spacial score (nSPS) is 16.1. The van der Waals surface area contributed by atoms with Crippen molar-refractivity contribution in [3.05, 3.63) is 190 Å². The minimum Gasteiger partial charge on any atom is -0.494 e. The molecule has 4 heterocycles. The van der Waals surface area contributed by atoms with Crippen LogP contribution < -0.4 is 15.2 Å². The number of nitrogens with two attached hydrogens (primary N) is 1. The van der Waals surface area contributed by atoms with Crippen LogP contribution in [0.4, 0.5) is 0 Å². The number of fused-ring (bicyclic) bond motifs is 2. The summed E-state index contributed by atoms with van der Waals surface area (Å²) in [5, 5.41) is 28.4. The Balaban J connectivity index is 0.000000195. The van der Waals surface area contributed by atoms with Gasteiger partial charge >= 0.3 is 0 Å². The van der Waals surface area contributed by atoms with E-state index in [9.17, 15) is 0 Å². The van der Waals surface area contributed by atoms with Crippen molar-refractivity contribution in [3.63, 3.8) is 0 Å². The van der Waals surface area contributed by atoms with Gasteiger partial charge in [-0.05, 0) is 200 Å². The lowest BCUT2D eigenvalue weighted by Gasteiger charge is -2.23. The predicted octanol–water partition coefficient (Wildman–Crippen LogP) is 14.9. The molecule has 79 heavy (non-hydrogen) atoms. The van der Waals surface area contributed by atoms with Crippen molar-refractivity contribution in [1.82, 2.24) is 19.6 Å². The summed E-state index contributed by atoms with van der Waals surface area (Å²) < 4.78 is 27.9. The standard InChI is InChI=1S/C34H40N2O3.C31H33ClN2O2.C2H7NO/c1-3-30(31-12-6-5-11-25(31)2)34(26-14-17-29(18-15-26)38-21-9-4-8-20-37)27-16-19-32-28(23-27)24-35-36(32)33-13-7-10-22-39-33;1-3-27(28-9-5-4-8-22(28)2)31(23-11-14-26(15-12-23)35-19-17-32)24-13-16-29-25(20-24)21-33-34(29)30-10-6-7-18-36-30;3-1-2-4/h5-6,11-12,14-19,23-24,33,37H,3-4,7-10,13,20-22H2,1-2H3;4-5,8-9,11-16,20-21,30H,3,6-7,10,17-19H2,1-2H3;4H,1-3H2/b34-30+;31-27+;. The van der Waals surface area contributed by atoms with Crippen LogP contribution in [-0.4, -0.2) is 81.8 Å². The Morgan fingerprint density at radius 3 is 1.41 bits per heavy atom. The van der Waals surface area contributed by atoms with Crippen LogP contribution in [0.5, 0.6) is 11.5 Å². The zero-order valence-corrected chi connectivity index (χ0v) is 47.5. The summed E-state index contributed by atoms with van der Waals surface area (Å²) in [6.07, 6.45) is 15.2. The Hall–Kier alpha value is -6.57. The summed E-state index contributed by atoms with van der Waals surface area (Å²) in [5.41, 5.74) is 21.9. The fourth-order valence-electron chi connectivity index (χ4n) is 10.7. The Morgan fingerprint density at radius 2 is 1.01 bits per heavy atom. The van der Waals surface area contributed by atoms with Crippen LogP contribution in [-0.2, 0) is 9.47 Å². The van der Waals surface area contributed by atoms with Gasteiger partial charge < -0.3 is 34.9 Å². The number of ether oxygens (including phenoxy) is 4. The molecule has 2 aromatic heterocycles. The number of aliphatic hydroxyl groups excluding tert-OH is 2. The molecule has 2 saturated heterocycles. The molecule has 0 saturated carbocycles. The highest BCUT2D eigenvalue weighted by Crippen LogP contribution is 2.40. The van der Waals surface area contributed by atoms with Gasteiger partial charge in [-0.15, -0.1) is 11.6 Å². The van der Waals surface area contributed by atoms with E-state index in [1.165, 1.54) is 74.1 Å². The van der Waals surface area contributed by atoms with Gasteiger partial charge in [0, 0.05) is 37.1 Å². The average molecular weight is 1090 g/mol. The SMILES string of the molecule is CC/C(=C(/c1ccc(OCCCCCO)cc1)c1ccc2c(cnn2C2CCCCO2)c1)c1ccccc1C.CC/C(=C(/c1ccc(OCCCl)cc1)c1ccc2c(cnn2C2CCCCO2)c1)c1ccccc1C.NCCO. The molecular weight excluding hydrogens is 1010 g/mol. The van der Waals surface area contributed by atoms with Gasteiger partial charge in [-0.1, -0.05) is 98.8 Å². The van der Waals surface area contributed by atoms with E-state index in [0.29, 0.717) is 25.6 Å². The quantitative estimate of drug-likeness (QED) is 0.0387. The Labute approximate surface area is 472 Å². The van der Waals surface area contributed by atoms with E-state index < -0.39 is 0 Å². The van der Waals surface area contributed by atoms with Gasteiger partial charge in [-0.2, -0.15) is 10.2 Å². The second-order valence-corrected chi connectivity index (χ2v) is 20.5. The number of nitrogens with zero attached hydrogens (tertiary/aromatic N) is 4. The molecule has 0 amide bonds. The maximum Gasteiger partial charge on any atom is 0.150 e. The number of allylic oxidation sites excluding steroid dienone is 2. The van der Waals surface area contributed by atoms with Gasteiger partial charge in [0.2, 0.25) is 0 Å². The highest BCUT2D eigenvalue weighted by atomic mass is 35.5. The Morgan fingerprint density at radius 1 is 0.570 bits per heavy atom. The molecule has 11 nitrogen and oxygen atoms in total. The molecule has 0 spiro atoms. The minimum absolute atomic E-state index is 0.0199. The zero-order chi connectivity index (χ0) is 55.3. The number of aromatic nitrogens is 4. The van der Waals surface area contributed by atoms with E-state index in [0.717, 1.165) is 110 Å². The third-order valence-corrected chi connectivity index (χ3v) is 14.9. The third-order valence-electron chi connectivity index (χ3n) is 14.7. The Bertz CT molecular complexity index is 3220. The first-order valence-corrected chi connectivity index (χ1v) is 29.0. The number of halogens is 1. The summed E-state index contributed by atoms with van der Waals surface area (Å²) in [4.78, 5) is 0. The fraction of sp³-hybridized carbons (Fsp3) is 0.373. The monoisotopic (exact) mass is 1090 g/mol. The number of benzene rings is 6. The number of hydrogen-bond donors (Lipinski definition) is 3. The summed E-state index contributed by atoms with van der Waals surface area (Å²) >= 11 is 5.81. The first-order valence-electron chi connectivity index (χ1n) is 28.5. The number of alkyl halides is 1. The van der Waals surface area contributed by atoms with Crippen LogP contribution >= 0.6 is 11.6 Å². The maximum absolute atomic E-state index is 8.99. The van der Waals surface area contributed by atoms with Gasteiger partial charge in [0.25, 0.3) is 0 Å². The molecule has 0 radical (unpaired) electrons. The lowest BCUT2D eigenvalue weighted by Crippen LogP contribution is -2.18. The second kappa shape index (κ2) is 30.1. The van der Waals surface area contributed by atoms with E-state index in [4.69, 9.17) is 56.7 Å². The molecule has 2 fully saturated rings. The fourth-order valence-corrected chi connectivity index (χ4v) is 10.8. The summed E-state index contributed by atoms with van der Waals surface area (Å²) in [5.74, 6) is 2.18. The number of aliphatic hydroxyl groups is 2. The molecule has 8 aromatic rings. The maximum atomic E-state index is 8.99. The van der Waals surface area contributed by atoms with Gasteiger partial charge in [0.1, 0.15) is 18.1 Å². The molecule has 416 valence electrons. The van der Waals surface area contributed by atoms with Crippen molar-refractivity contribution >= 4 is 55.7 Å². The van der Waals surface area contributed by atoms with Crippen LogP contribution in [0.25, 0.3) is 44.1 Å². The number of rotatable bonds is 20. The third kappa shape index (κ3) is 15.0. The molecule has 2 atom stereocenters. The first-order chi connectivity index (χ1) is 38.8.